The lowest BCUT2D eigenvalue weighted by atomic mass is 9.72. The van der Waals surface area contributed by atoms with Crippen LogP contribution in [0.25, 0.3) is 11.6 Å². The van der Waals surface area contributed by atoms with Gasteiger partial charge in [-0.2, -0.15) is 10.2 Å². The molecule has 0 radical (unpaired) electrons. The number of carbonyl (C=O) groups is 2. The van der Waals surface area contributed by atoms with E-state index in [1.807, 2.05) is 56.3 Å². The minimum Gasteiger partial charge on any atom is -0.469 e. The van der Waals surface area contributed by atoms with Crippen LogP contribution in [0.15, 0.2) is 51.3 Å². The number of nitrogens with one attached hydrogen (secondary N) is 3. The van der Waals surface area contributed by atoms with E-state index in [0.717, 1.165) is 22.4 Å². The fraction of sp³-hybridized carbons (Fsp3) is 0.382. The lowest BCUT2D eigenvalue weighted by molar-refractivity contribution is -0.135. The van der Waals surface area contributed by atoms with Gasteiger partial charge in [0.05, 0.1) is 0 Å². The first kappa shape index (κ1) is 29.6. The van der Waals surface area contributed by atoms with Gasteiger partial charge in [-0.15, -0.1) is 0 Å². The molecule has 1 unspecified atom stereocenters. The van der Waals surface area contributed by atoms with Gasteiger partial charge < -0.3 is 34.6 Å². The van der Waals surface area contributed by atoms with Crippen LogP contribution in [0.3, 0.4) is 0 Å². The summed E-state index contributed by atoms with van der Waals surface area (Å²) in [5.74, 6) is 0.0380. The minimum absolute atomic E-state index is 0.109. The molecule has 0 saturated carbocycles. The highest BCUT2D eigenvalue weighted by molar-refractivity contribution is 5.90. The maximum Gasteiger partial charge on any atom is 0.250 e. The quantitative estimate of drug-likeness (QED) is 0.256. The third-order valence-corrected chi connectivity index (χ3v) is 9.06. The molecule has 2 aromatic carbocycles. The summed E-state index contributed by atoms with van der Waals surface area (Å²) < 4.78 is 19.3. The third-order valence-electron chi connectivity index (χ3n) is 9.06. The normalized spacial score (nSPS) is 23.3. The monoisotopic (exact) mass is 622 g/mol. The van der Waals surface area contributed by atoms with E-state index in [0.29, 0.717) is 17.3 Å². The number of para-hydroxylation sites is 1. The SMILES string of the molecule is Cc1oc(-c2nc3oc2C24c5ccccc5N[C@@H]2Oc2ccc(cc24)C[C@H](NC(=O)[C@@H](O)C(C)C)C(=O)N[C@H]3C(C)C)nc1C#N. The maximum atomic E-state index is 13.9. The van der Waals surface area contributed by atoms with E-state index in [9.17, 15) is 20.0 Å². The number of rotatable bonds is 5. The molecule has 5 atom stereocenters. The van der Waals surface area contributed by atoms with Crippen molar-refractivity contribution in [3.63, 3.8) is 0 Å². The van der Waals surface area contributed by atoms with Crippen molar-refractivity contribution in [3.05, 3.63) is 82.3 Å². The Morgan fingerprint density at radius 1 is 1.11 bits per heavy atom. The zero-order valence-corrected chi connectivity index (χ0v) is 26.0. The van der Waals surface area contributed by atoms with Crippen LogP contribution in [0, 0.1) is 30.1 Å². The highest BCUT2D eigenvalue weighted by Gasteiger charge is 2.61. The molecule has 7 rings (SSSR count). The Hall–Kier alpha value is -5.15. The van der Waals surface area contributed by atoms with Crippen LogP contribution in [0.2, 0.25) is 0 Å². The van der Waals surface area contributed by atoms with Crippen molar-refractivity contribution >= 4 is 17.5 Å². The predicted octanol–water partition coefficient (Wildman–Crippen LogP) is 3.86. The average molecular weight is 623 g/mol. The van der Waals surface area contributed by atoms with Gasteiger partial charge in [-0.1, -0.05) is 58.0 Å². The lowest BCUT2D eigenvalue weighted by Crippen LogP contribution is -2.52. The lowest BCUT2D eigenvalue weighted by Gasteiger charge is -2.29. The van der Waals surface area contributed by atoms with E-state index >= 15 is 0 Å². The summed E-state index contributed by atoms with van der Waals surface area (Å²) in [6, 6.07) is 13.8. The number of amides is 2. The number of oxazole rings is 2. The van der Waals surface area contributed by atoms with E-state index in [1.165, 1.54) is 0 Å². The first-order valence-corrected chi connectivity index (χ1v) is 15.4. The van der Waals surface area contributed by atoms with Gasteiger partial charge >= 0.3 is 0 Å². The Morgan fingerprint density at radius 2 is 1.89 bits per heavy atom. The van der Waals surface area contributed by atoms with Gasteiger partial charge in [-0.3, -0.25) is 9.59 Å². The Kier molecular flexibility index (Phi) is 6.90. The fourth-order valence-corrected chi connectivity index (χ4v) is 6.61. The molecular formula is C34H34N6O6. The van der Waals surface area contributed by atoms with Crippen molar-refractivity contribution in [2.45, 2.75) is 70.9 Å². The van der Waals surface area contributed by atoms with Crippen LogP contribution in [0.4, 0.5) is 5.69 Å². The number of aromatic nitrogens is 2. The number of benzene rings is 2. The number of aliphatic hydroxyl groups excluding tert-OH is 1. The van der Waals surface area contributed by atoms with Gasteiger partial charge in [0.15, 0.2) is 23.4 Å². The number of anilines is 1. The largest absolute Gasteiger partial charge is 0.469 e. The Morgan fingerprint density at radius 3 is 2.61 bits per heavy atom. The molecule has 4 N–H and O–H groups in total. The molecule has 0 saturated heterocycles. The van der Waals surface area contributed by atoms with Gasteiger partial charge in [0.25, 0.3) is 0 Å². The maximum absolute atomic E-state index is 13.9. The summed E-state index contributed by atoms with van der Waals surface area (Å²) in [4.78, 5) is 36.4. The summed E-state index contributed by atoms with van der Waals surface area (Å²) in [6.07, 6.45) is -1.76. The van der Waals surface area contributed by atoms with Crippen LogP contribution in [-0.4, -0.2) is 45.3 Å². The highest BCUT2D eigenvalue weighted by Crippen LogP contribution is 2.59. The molecule has 0 aliphatic carbocycles. The Balaban J connectivity index is 1.49. The zero-order valence-electron chi connectivity index (χ0n) is 26.0. The van der Waals surface area contributed by atoms with E-state index in [2.05, 4.69) is 27.0 Å². The summed E-state index contributed by atoms with van der Waals surface area (Å²) >= 11 is 0. The second-order valence-corrected chi connectivity index (χ2v) is 12.8. The number of ether oxygens (including phenoxy) is 1. The summed E-state index contributed by atoms with van der Waals surface area (Å²) in [5.41, 5.74) is 2.62. The van der Waals surface area contributed by atoms with Crippen molar-refractivity contribution < 1.29 is 28.3 Å². The van der Waals surface area contributed by atoms with Crippen molar-refractivity contribution in [2.24, 2.45) is 11.8 Å². The summed E-state index contributed by atoms with van der Waals surface area (Å²) in [7, 11) is 0. The molecule has 12 heteroatoms. The van der Waals surface area contributed by atoms with Crippen LogP contribution in [0.5, 0.6) is 5.75 Å². The summed E-state index contributed by atoms with van der Waals surface area (Å²) in [6.45, 7) is 8.97. The van der Waals surface area contributed by atoms with Crippen LogP contribution in [-0.2, 0) is 21.4 Å². The number of aryl methyl sites for hydroxylation is 1. The number of nitrogens with zero attached hydrogens (tertiary/aromatic N) is 3. The number of nitriles is 1. The molecule has 4 bridgehead atoms. The van der Waals surface area contributed by atoms with E-state index in [1.54, 1.807) is 20.8 Å². The molecule has 5 heterocycles. The van der Waals surface area contributed by atoms with Gasteiger partial charge in [0.2, 0.25) is 23.6 Å². The smallest absolute Gasteiger partial charge is 0.250 e. The van der Waals surface area contributed by atoms with Crippen molar-refractivity contribution in [3.8, 4) is 23.4 Å². The zero-order chi connectivity index (χ0) is 32.5. The molecular weight excluding hydrogens is 588 g/mol. The second kappa shape index (κ2) is 10.7. The van der Waals surface area contributed by atoms with Crippen molar-refractivity contribution in [1.82, 2.24) is 20.6 Å². The van der Waals surface area contributed by atoms with Crippen LogP contribution in [0.1, 0.15) is 73.5 Å². The molecule has 4 aromatic rings. The molecule has 3 aliphatic heterocycles. The van der Waals surface area contributed by atoms with Gasteiger partial charge in [-0.05, 0) is 42.0 Å². The first-order valence-electron chi connectivity index (χ1n) is 15.4. The number of fused-ring (bicyclic) bond motifs is 4. The molecule has 236 valence electrons. The predicted molar refractivity (Wildman–Crippen MR) is 164 cm³/mol. The molecule has 3 aliphatic rings. The number of hydrogen-bond acceptors (Lipinski definition) is 10. The van der Waals surface area contributed by atoms with Gasteiger partial charge in [0, 0.05) is 17.7 Å². The van der Waals surface area contributed by atoms with Crippen molar-refractivity contribution in [2.75, 3.05) is 5.32 Å². The molecule has 1 spiro atoms. The Bertz CT molecular complexity index is 1920. The number of aliphatic hydroxyl groups is 1. The summed E-state index contributed by atoms with van der Waals surface area (Å²) in [5, 5.41) is 29.5. The molecule has 46 heavy (non-hydrogen) atoms. The second-order valence-electron chi connectivity index (χ2n) is 12.8. The van der Waals surface area contributed by atoms with E-state index in [4.69, 9.17) is 18.6 Å². The van der Waals surface area contributed by atoms with E-state index in [-0.39, 0.29) is 41.4 Å². The number of carbonyl (C=O) groups excluding carboxylic acids is 2. The highest BCUT2D eigenvalue weighted by atomic mass is 16.5. The molecule has 0 fully saturated rings. The number of hydrogen-bond donors (Lipinski definition) is 4. The third kappa shape index (κ3) is 4.37. The van der Waals surface area contributed by atoms with Crippen LogP contribution < -0.4 is 20.7 Å². The molecule has 2 amide bonds. The van der Waals surface area contributed by atoms with Crippen molar-refractivity contribution in [1.29, 1.82) is 5.26 Å². The molecule has 12 nitrogen and oxygen atoms in total. The van der Waals surface area contributed by atoms with Gasteiger partial charge in [0.1, 0.15) is 41.2 Å². The van der Waals surface area contributed by atoms with Crippen LogP contribution >= 0.6 is 0 Å². The molecule has 2 aromatic heterocycles. The Labute approximate surface area is 265 Å². The topological polar surface area (TPSA) is 176 Å². The average Bonchev–Trinajstić information content (AvgIpc) is 3.77. The van der Waals surface area contributed by atoms with E-state index < -0.39 is 41.6 Å². The fourth-order valence-electron chi connectivity index (χ4n) is 6.61. The first-order chi connectivity index (χ1) is 22.0. The van der Waals surface area contributed by atoms with Gasteiger partial charge in [-0.25, -0.2) is 4.98 Å². The minimum atomic E-state index is -1.28. The standard InChI is InChI=1S/C34H34N6O6/c1-15(2)25-31-40-26(32-37-23(14-35)17(5)44-32)28(46-31)34-19-8-6-7-9-21(19)38-33(34)45-24-11-10-18(12-20(24)34)13-22(29(42)39-25)36-30(43)27(41)16(3)4/h6-12,15-16,22,25,27,33,38,41H,13H2,1-5H3,(H,36,43)(H,39,42)/t22-,25-,27-,33+,34?/m0/s1.